The van der Waals surface area contributed by atoms with Crippen molar-refractivity contribution in [2.24, 2.45) is 0 Å². The summed E-state index contributed by atoms with van der Waals surface area (Å²) in [4.78, 5) is 31.6. The largest absolute Gasteiger partial charge is 0.501 e. The Morgan fingerprint density at radius 3 is 2.43 bits per heavy atom. The third-order valence-electron chi connectivity index (χ3n) is 5.15. The number of aromatic nitrogens is 1. The SMILES string of the molecule is CCN(CC)c1ccc2nc3c(C(=O)O)c(-c4ccccc4)c(=O)c(O)c-3oc2c1. The van der Waals surface area contributed by atoms with Gasteiger partial charge in [-0.3, -0.25) is 4.79 Å². The van der Waals surface area contributed by atoms with Crippen LogP contribution in [-0.4, -0.2) is 34.3 Å². The predicted molar refractivity (Wildman–Crippen MR) is 115 cm³/mol. The van der Waals surface area contributed by atoms with Crippen molar-refractivity contribution in [2.45, 2.75) is 13.8 Å². The standard InChI is InChI=1S/C23H20N2O5/c1-3-25(4-2)14-10-11-15-16(12-14)30-22-19(24-15)18(23(28)29)17(20(26)21(22)27)13-8-6-5-7-9-13/h5-12,27H,3-4H2,1-2H3,(H,28,29). The zero-order valence-corrected chi connectivity index (χ0v) is 16.5. The quantitative estimate of drug-likeness (QED) is 0.480. The molecule has 0 fully saturated rings. The van der Waals surface area contributed by atoms with Gasteiger partial charge in [0.1, 0.15) is 16.8 Å². The molecule has 0 atom stereocenters. The number of carboxylic acid groups (broad SMARTS) is 1. The second-order valence-corrected chi connectivity index (χ2v) is 6.81. The van der Waals surface area contributed by atoms with Crippen LogP contribution in [0.5, 0.6) is 5.75 Å². The molecule has 152 valence electrons. The Kier molecular flexibility index (Phi) is 4.87. The minimum Gasteiger partial charge on any atom is -0.501 e. The van der Waals surface area contributed by atoms with Crippen LogP contribution in [0.3, 0.4) is 0 Å². The van der Waals surface area contributed by atoms with Crippen LogP contribution in [0.2, 0.25) is 0 Å². The maximum absolute atomic E-state index is 12.9. The van der Waals surface area contributed by atoms with Crippen LogP contribution < -0.4 is 10.3 Å². The number of phenolic OH excluding ortho intramolecular Hbond substituents is 1. The summed E-state index contributed by atoms with van der Waals surface area (Å²) in [5.41, 5.74) is 0.780. The molecule has 7 nitrogen and oxygen atoms in total. The Labute approximate surface area is 172 Å². The minimum absolute atomic E-state index is 0.0680. The average Bonchev–Trinajstić information content (AvgIpc) is 2.76. The lowest BCUT2D eigenvalue weighted by Gasteiger charge is -2.21. The summed E-state index contributed by atoms with van der Waals surface area (Å²) in [7, 11) is 0. The van der Waals surface area contributed by atoms with E-state index >= 15 is 0 Å². The third-order valence-corrected chi connectivity index (χ3v) is 5.15. The number of aromatic hydroxyl groups is 1. The highest BCUT2D eigenvalue weighted by Crippen LogP contribution is 2.38. The summed E-state index contributed by atoms with van der Waals surface area (Å²) in [5.74, 6) is -2.21. The molecular formula is C23H20N2O5. The maximum atomic E-state index is 12.9. The molecule has 0 amide bonds. The summed E-state index contributed by atoms with van der Waals surface area (Å²) in [6.07, 6.45) is 0. The fraction of sp³-hybridized carbons (Fsp3) is 0.174. The number of rotatable bonds is 5. The lowest BCUT2D eigenvalue weighted by atomic mass is 9.94. The van der Waals surface area contributed by atoms with E-state index in [0.29, 0.717) is 16.7 Å². The number of hydrogen-bond acceptors (Lipinski definition) is 6. The van der Waals surface area contributed by atoms with Gasteiger partial charge in [0.25, 0.3) is 0 Å². The predicted octanol–water partition coefficient (Wildman–Crippen LogP) is 4.21. The first kappa shape index (κ1) is 19.4. The molecule has 2 aliphatic rings. The Bertz CT molecular complexity index is 1280. The van der Waals surface area contributed by atoms with Gasteiger partial charge in [0.2, 0.25) is 11.2 Å². The van der Waals surface area contributed by atoms with Crippen molar-refractivity contribution in [3.63, 3.8) is 0 Å². The first-order chi connectivity index (χ1) is 14.5. The van der Waals surface area contributed by atoms with Crippen LogP contribution in [0.4, 0.5) is 5.69 Å². The molecule has 2 N–H and O–H groups in total. The first-order valence-corrected chi connectivity index (χ1v) is 9.63. The summed E-state index contributed by atoms with van der Waals surface area (Å²) < 4.78 is 5.82. The van der Waals surface area contributed by atoms with Gasteiger partial charge in [0, 0.05) is 24.8 Å². The zero-order chi connectivity index (χ0) is 21.4. The van der Waals surface area contributed by atoms with Gasteiger partial charge in [0.05, 0.1) is 5.56 Å². The number of aromatic carboxylic acids is 1. The number of carboxylic acids is 1. The van der Waals surface area contributed by atoms with E-state index in [1.165, 1.54) is 0 Å². The van der Waals surface area contributed by atoms with Crippen molar-refractivity contribution in [2.75, 3.05) is 18.0 Å². The monoisotopic (exact) mass is 404 g/mol. The second-order valence-electron chi connectivity index (χ2n) is 6.81. The Balaban J connectivity index is 2.08. The highest BCUT2D eigenvalue weighted by atomic mass is 16.4. The molecule has 0 saturated carbocycles. The van der Waals surface area contributed by atoms with Gasteiger partial charge < -0.3 is 19.5 Å². The minimum atomic E-state index is -1.32. The zero-order valence-electron chi connectivity index (χ0n) is 16.5. The molecule has 1 heterocycles. The normalized spacial score (nSPS) is 11.1. The van der Waals surface area contributed by atoms with Gasteiger partial charge in [-0.15, -0.1) is 0 Å². The molecule has 0 unspecified atom stereocenters. The fourth-order valence-corrected chi connectivity index (χ4v) is 3.66. The van der Waals surface area contributed by atoms with E-state index < -0.39 is 17.1 Å². The molecule has 0 saturated heterocycles. The molecule has 0 bridgehead atoms. The van der Waals surface area contributed by atoms with Crippen molar-refractivity contribution in [3.8, 4) is 28.3 Å². The van der Waals surface area contributed by atoms with Gasteiger partial charge in [0.15, 0.2) is 11.3 Å². The Morgan fingerprint density at radius 1 is 1.10 bits per heavy atom. The van der Waals surface area contributed by atoms with E-state index in [9.17, 15) is 19.8 Å². The number of fused-ring (bicyclic) bond motifs is 2. The van der Waals surface area contributed by atoms with E-state index in [-0.39, 0.29) is 22.6 Å². The highest BCUT2D eigenvalue weighted by molar-refractivity contribution is 6.04. The fourth-order valence-electron chi connectivity index (χ4n) is 3.66. The van der Waals surface area contributed by atoms with Crippen molar-refractivity contribution in [1.29, 1.82) is 0 Å². The lowest BCUT2D eigenvalue weighted by molar-refractivity contribution is 0.0698. The number of nitrogens with zero attached hydrogens (tertiary/aromatic N) is 2. The molecule has 1 aliphatic heterocycles. The Morgan fingerprint density at radius 2 is 1.80 bits per heavy atom. The summed E-state index contributed by atoms with van der Waals surface area (Å²) in [6.45, 7) is 5.65. The number of anilines is 1. The number of hydrogen-bond donors (Lipinski definition) is 2. The summed E-state index contributed by atoms with van der Waals surface area (Å²) >= 11 is 0. The number of benzene rings is 3. The van der Waals surface area contributed by atoms with Gasteiger partial charge in [-0.25, -0.2) is 9.78 Å². The first-order valence-electron chi connectivity index (χ1n) is 9.63. The summed E-state index contributed by atoms with van der Waals surface area (Å²) in [5, 5.41) is 20.5. The van der Waals surface area contributed by atoms with E-state index in [1.54, 1.807) is 42.5 Å². The van der Waals surface area contributed by atoms with E-state index in [1.807, 2.05) is 19.9 Å². The maximum Gasteiger partial charge on any atom is 0.338 e. The number of carbonyl (C=O) groups is 1. The van der Waals surface area contributed by atoms with E-state index in [0.717, 1.165) is 18.8 Å². The van der Waals surface area contributed by atoms with Crippen LogP contribution in [-0.2, 0) is 0 Å². The summed E-state index contributed by atoms with van der Waals surface area (Å²) in [6, 6.07) is 13.7. The topological polar surface area (TPSA) is 104 Å². The molecule has 2 aromatic rings. The molecule has 0 aromatic heterocycles. The number of phenols is 1. The van der Waals surface area contributed by atoms with Crippen molar-refractivity contribution in [3.05, 3.63) is 64.3 Å². The molecule has 0 spiro atoms. The van der Waals surface area contributed by atoms with Crippen LogP contribution in [0.25, 0.3) is 33.7 Å². The molecule has 30 heavy (non-hydrogen) atoms. The Hall–Kier alpha value is -3.87. The van der Waals surface area contributed by atoms with Crippen LogP contribution in [0.1, 0.15) is 24.2 Å². The smallest absolute Gasteiger partial charge is 0.338 e. The molecule has 2 aromatic carbocycles. The van der Waals surface area contributed by atoms with Gasteiger partial charge in [-0.1, -0.05) is 30.3 Å². The molecular weight excluding hydrogens is 384 g/mol. The van der Waals surface area contributed by atoms with Crippen molar-refractivity contribution in [1.82, 2.24) is 4.98 Å². The molecule has 0 radical (unpaired) electrons. The molecule has 7 heteroatoms. The van der Waals surface area contributed by atoms with E-state index in [2.05, 4.69) is 9.88 Å². The van der Waals surface area contributed by atoms with Gasteiger partial charge >= 0.3 is 5.97 Å². The highest BCUT2D eigenvalue weighted by Gasteiger charge is 2.30. The van der Waals surface area contributed by atoms with Crippen LogP contribution >= 0.6 is 0 Å². The van der Waals surface area contributed by atoms with E-state index in [4.69, 9.17) is 4.42 Å². The van der Waals surface area contributed by atoms with Gasteiger partial charge in [-0.05, 0) is 31.5 Å². The van der Waals surface area contributed by atoms with Crippen LogP contribution in [0.15, 0.2) is 57.7 Å². The van der Waals surface area contributed by atoms with Crippen LogP contribution in [0, 0.1) is 0 Å². The lowest BCUT2D eigenvalue weighted by Crippen LogP contribution is -2.21. The van der Waals surface area contributed by atoms with Crippen molar-refractivity contribution < 1.29 is 19.4 Å². The van der Waals surface area contributed by atoms with Gasteiger partial charge in [-0.2, -0.15) is 0 Å². The van der Waals surface area contributed by atoms with Crippen molar-refractivity contribution >= 4 is 22.8 Å². The molecule has 4 rings (SSSR count). The average molecular weight is 404 g/mol. The second kappa shape index (κ2) is 7.51. The third kappa shape index (κ3) is 3.04. The molecule has 1 aliphatic carbocycles.